The molecule has 1 aliphatic rings. The third-order valence-electron chi connectivity index (χ3n) is 3.33. The zero-order valence-electron chi connectivity index (χ0n) is 9.39. The SMILES string of the molecule is Cc1c(Br)cccc1NCC1(CC#N)CC1. The van der Waals surface area contributed by atoms with Gasteiger partial charge in [0.05, 0.1) is 6.07 Å². The summed E-state index contributed by atoms with van der Waals surface area (Å²) in [7, 11) is 0. The number of hydrogen-bond acceptors (Lipinski definition) is 2. The van der Waals surface area contributed by atoms with E-state index in [1.54, 1.807) is 0 Å². The molecule has 1 N–H and O–H groups in total. The van der Waals surface area contributed by atoms with Crippen molar-refractivity contribution in [2.45, 2.75) is 26.2 Å². The maximum atomic E-state index is 8.75. The van der Waals surface area contributed by atoms with Gasteiger partial charge in [-0.2, -0.15) is 5.26 Å². The summed E-state index contributed by atoms with van der Waals surface area (Å²) < 4.78 is 1.13. The van der Waals surface area contributed by atoms with E-state index in [1.807, 2.05) is 12.1 Å². The van der Waals surface area contributed by atoms with Crippen LogP contribution >= 0.6 is 15.9 Å². The molecule has 0 bridgehead atoms. The predicted octanol–water partition coefficient (Wildman–Crippen LogP) is 3.86. The Bertz CT molecular complexity index is 430. The maximum absolute atomic E-state index is 8.75. The Morgan fingerprint density at radius 2 is 2.25 bits per heavy atom. The Labute approximate surface area is 105 Å². The highest BCUT2D eigenvalue weighted by Gasteiger charge is 2.42. The molecule has 0 spiro atoms. The van der Waals surface area contributed by atoms with Gasteiger partial charge in [0.1, 0.15) is 0 Å². The van der Waals surface area contributed by atoms with Gasteiger partial charge in [0.25, 0.3) is 0 Å². The summed E-state index contributed by atoms with van der Waals surface area (Å²) in [6, 6.07) is 8.44. The molecule has 1 fully saturated rings. The molecule has 0 heterocycles. The van der Waals surface area contributed by atoms with Crippen molar-refractivity contribution in [2.75, 3.05) is 11.9 Å². The predicted molar refractivity (Wildman–Crippen MR) is 69.3 cm³/mol. The number of hydrogen-bond donors (Lipinski definition) is 1. The Morgan fingerprint density at radius 1 is 1.50 bits per heavy atom. The van der Waals surface area contributed by atoms with Crippen LogP contribution in [0, 0.1) is 23.7 Å². The van der Waals surface area contributed by atoms with Gasteiger partial charge < -0.3 is 5.32 Å². The molecule has 0 radical (unpaired) electrons. The molecule has 84 valence electrons. The Kier molecular flexibility index (Phi) is 3.20. The molecule has 3 heteroatoms. The fourth-order valence-corrected chi connectivity index (χ4v) is 2.21. The summed E-state index contributed by atoms with van der Waals surface area (Å²) in [5.74, 6) is 0. The molecule has 0 aromatic heterocycles. The first-order valence-corrected chi connectivity index (χ1v) is 6.32. The van der Waals surface area contributed by atoms with Crippen molar-refractivity contribution in [2.24, 2.45) is 5.41 Å². The normalized spacial score (nSPS) is 16.6. The summed E-state index contributed by atoms with van der Waals surface area (Å²) in [6.45, 7) is 3.01. The lowest BCUT2D eigenvalue weighted by atomic mass is 10.0. The Morgan fingerprint density at radius 3 is 2.88 bits per heavy atom. The average molecular weight is 279 g/mol. The van der Waals surface area contributed by atoms with Gasteiger partial charge in [0.15, 0.2) is 0 Å². The molecule has 0 amide bonds. The van der Waals surface area contributed by atoms with Crippen LogP contribution in [0.3, 0.4) is 0 Å². The summed E-state index contributed by atoms with van der Waals surface area (Å²) >= 11 is 3.52. The molecule has 16 heavy (non-hydrogen) atoms. The second-order valence-electron chi connectivity index (χ2n) is 4.60. The summed E-state index contributed by atoms with van der Waals surface area (Å²) in [6.07, 6.45) is 3.04. The smallest absolute Gasteiger partial charge is 0.0628 e. The van der Waals surface area contributed by atoms with Crippen LogP contribution in [-0.2, 0) is 0 Å². The van der Waals surface area contributed by atoms with Crippen LogP contribution in [0.25, 0.3) is 0 Å². The van der Waals surface area contributed by atoms with E-state index in [-0.39, 0.29) is 5.41 Å². The van der Waals surface area contributed by atoms with Gasteiger partial charge in [0.2, 0.25) is 0 Å². The number of anilines is 1. The monoisotopic (exact) mass is 278 g/mol. The third-order valence-corrected chi connectivity index (χ3v) is 4.19. The van der Waals surface area contributed by atoms with Crippen molar-refractivity contribution in [1.82, 2.24) is 0 Å². The second kappa shape index (κ2) is 4.47. The Balaban J connectivity index is 2.00. The standard InChI is InChI=1S/C13H15BrN2/c1-10-11(14)3-2-4-12(10)16-9-13(5-6-13)7-8-15/h2-4,16H,5-7,9H2,1H3. The minimum atomic E-state index is 0.253. The lowest BCUT2D eigenvalue weighted by Gasteiger charge is -2.15. The molecule has 2 rings (SSSR count). The zero-order chi connectivity index (χ0) is 11.6. The molecule has 1 saturated carbocycles. The Hall–Kier alpha value is -1.01. The van der Waals surface area contributed by atoms with Crippen LogP contribution in [0.2, 0.25) is 0 Å². The van der Waals surface area contributed by atoms with Crippen molar-refractivity contribution in [1.29, 1.82) is 5.26 Å². The first kappa shape index (κ1) is 11.5. The van der Waals surface area contributed by atoms with E-state index in [0.29, 0.717) is 6.42 Å². The third kappa shape index (κ3) is 2.38. The average Bonchev–Trinajstić information content (AvgIpc) is 3.02. The highest BCUT2D eigenvalue weighted by molar-refractivity contribution is 9.10. The zero-order valence-corrected chi connectivity index (χ0v) is 11.0. The largest absolute Gasteiger partial charge is 0.384 e. The summed E-state index contributed by atoms with van der Waals surface area (Å²) in [5, 5.41) is 12.2. The highest BCUT2D eigenvalue weighted by atomic mass is 79.9. The fraction of sp³-hybridized carbons (Fsp3) is 0.462. The minimum absolute atomic E-state index is 0.253. The van der Waals surface area contributed by atoms with Crippen molar-refractivity contribution < 1.29 is 0 Å². The lowest BCUT2D eigenvalue weighted by molar-refractivity contribution is 0.557. The molecular weight excluding hydrogens is 264 g/mol. The van der Waals surface area contributed by atoms with Crippen molar-refractivity contribution in [3.63, 3.8) is 0 Å². The van der Waals surface area contributed by atoms with Gasteiger partial charge in [0, 0.05) is 28.5 Å². The van der Waals surface area contributed by atoms with Gasteiger partial charge in [-0.15, -0.1) is 0 Å². The molecule has 0 unspecified atom stereocenters. The van der Waals surface area contributed by atoms with Crippen molar-refractivity contribution in [3.05, 3.63) is 28.2 Å². The number of rotatable bonds is 4. The van der Waals surface area contributed by atoms with Crippen molar-refractivity contribution >= 4 is 21.6 Å². The van der Waals surface area contributed by atoms with Crippen LogP contribution in [0.1, 0.15) is 24.8 Å². The van der Waals surface area contributed by atoms with E-state index >= 15 is 0 Å². The van der Waals surface area contributed by atoms with Gasteiger partial charge in [-0.3, -0.25) is 0 Å². The van der Waals surface area contributed by atoms with Gasteiger partial charge in [-0.25, -0.2) is 0 Å². The molecule has 0 saturated heterocycles. The van der Waals surface area contributed by atoms with Crippen LogP contribution < -0.4 is 5.32 Å². The molecule has 1 aliphatic carbocycles. The number of halogens is 1. The molecule has 2 nitrogen and oxygen atoms in total. The van der Waals surface area contributed by atoms with Gasteiger partial charge in [-0.1, -0.05) is 22.0 Å². The number of benzene rings is 1. The first-order valence-electron chi connectivity index (χ1n) is 5.53. The van der Waals surface area contributed by atoms with Crippen molar-refractivity contribution in [3.8, 4) is 6.07 Å². The topological polar surface area (TPSA) is 35.8 Å². The van der Waals surface area contributed by atoms with Crippen LogP contribution in [0.15, 0.2) is 22.7 Å². The van der Waals surface area contributed by atoms with E-state index < -0.39 is 0 Å². The summed E-state index contributed by atoms with van der Waals surface area (Å²) in [4.78, 5) is 0. The number of nitrogens with one attached hydrogen (secondary N) is 1. The van der Waals surface area contributed by atoms with Crippen LogP contribution in [0.5, 0.6) is 0 Å². The molecule has 1 aromatic rings. The summed E-state index contributed by atoms with van der Waals surface area (Å²) in [5.41, 5.74) is 2.65. The molecular formula is C13H15BrN2. The molecule has 0 atom stereocenters. The number of nitriles is 1. The molecule has 1 aromatic carbocycles. The van der Waals surface area contributed by atoms with Crippen LogP contribution in [0.4, 0.5) is 5.69 Å². The maximum Gasteiger partial charge on any atom is 0.0628 e. The highest BCUT2D eigenvalue weighted by Crippen LogP contribution is 2.48. The van der Waals surface area contributed by atoms with Gasteiger partial charge in [-0.05, 0) is 37.5 Å². The quantitative estimate of drug-likeness (QED) is 0.908. The lowest BCUT2D eigenvalue weighted by Crippen LogP contribution is -2.15. The van der Waals surface area contributed by atoms with Crippen LogP contribution in [-0.4, -0.2) is 6.54 Å². The second-order valence-corrected chi connectivity index (χ2v) is 5.46. The van der Waals surface area contributed by atoms with E-state index in [1.165, 1.54) is 24.1 Å². The van der Waals surface area contributed by atoms with E-state index in [9.17, 15) is 0 Å². The number of nitrogens with zero attached hydrogens (tertiary/aromatic N) is 1. The minimum Gasteiger partial charge on any atom is -0.384 e. The first-order chi connectivity index (χ1) is 7.67. The van der Waals surface area contributed by atoms with E-state index in [0.717, 1.165) is 11.0 Å². The van der Waals surface area contributed by atoms with Gasteiger partial charge >= 0.3 is 0 Å². The van der Waals surface area contributed by atoms with E-state index in [4.69, 9.17) is 5.26 Å². The fourth-order valence-electron chi connectivity index (χ4n) is 1.84. The van der Waals surface area contributed by atoms with E-state index in [2.05, 4.69) is 40.3 Å². The molecule has 0 aliphatic heterocycles.